The monoisotopic (exact) mass is 246 g/mol. The molecule has 2 N–H and O–H groups in total. The lowest BCUT2D eigenvalue weighted by Crippen LogP contribution is -2.37. The highest BCUT2D eigenvalue weighted by atomic mass is 16.5. The second kappa shape index (κ2) is 7.03. The van der Waals surface area contributed by atoms with Gasteiger partial charge in [-0.1, -0.05) is 32.0 Å². The Bertz CT molecular complexity index is 411. The van der Waals surface area contributed by atoms with Crippen molar-refractivity contribution in [3.8, 4) is 11.8 Å². The van der Waals surface area contributed by atoms with E-state index in [0.29, 0.717) is 19.4 Å². The molecule has 1 unspecified atom stereocenters. The third-order valence-electron chi connectivity index (χ3n) is 3.23. The summed E-state index contributed by atoms with van der Waals surface area (Å²) in [6.45, 7) is 4.66. The van der Waals surface area contributed by atoms with Crippen LogP contribution >= 0.6 is 0 Å². The molecule has 1 atom stereocenters. The molecule has 0 aromatic heterocycles. The number of nitrogens with two attached hydrogens (primary N) is 1. The number of hydrogen-bond donors (Lipinski definition) is 1. The van der Waals surface area contributed by atoms with Gasteiger partial charge in [0, 0.05) is 0 Å². The molecule has 98 valence electrons. The quantitative estimate of drug-likeness (QED) is 0.752. The Morgan fingerprint density at radius 3 is 2.67 bits per heavy atom. The second-order valence-corrected chi connectivity index (χ2v) is 4.53. The van der Waals surface area contributed by atoms with Crippen LogP contribution in [0.5, 0.6) is 5.75 Å². The molecular weight excluding hydrogens is 224 g/mol. The van der Waals surface area contributed by atoms with E-state index in [4.69, 9.17) is 15.7 Å². The van der Waals surface area contributed by atoms with Crippen molar-refractivity contribution in [2.24, 2.45) is 5.73 Å². The Labute approximate surface area is 110 Å². The summed E-state index contributed by atoms with van der Waals surface area (Å²) >= 11 is 0. The Morgan fingerprint density at radius 2 is 2.06 bits per heavy atom. The van der Waals surface area contributed by atoms with Crippen molar-refractivity contribution < 1.29 is 4.74 Å². The fraction of sp³-hybridized carbons (Fsp3) is 0.533. The van der Waals surface area contributed by atoms with Crippen LogP contribution in [-0.4, -0.2) is 12.1 Å². The fourth-order valence-electron chi connectivity index (χ4n) is 1.82. The number of hydrogen-bond acceptors (Lipinski definition) is 3. The van der Waals surface area contributed by atoms with Crippen LogP contribution in [0.4, 0.5) is 0 Å². The highest BCUT2D eigenvalue weighted by Gasteiger charge is 2.21. The first-order valence-corrected chi connectivity index (χ1v) is 6.56. The molecule has 0 bridgehead atoms. The van der Waals surface area contributed by atoms with E-state index in [1.54, 1.807) is 0 Å². The molecule has 0 heterocycles. The molecule has 18 heavy (non-hydrogen) atoms. The molecule has 0 radical (unpaired) electrons. The van der Waals surface area contributed by atoms with Crippen LogP contribution in [0.1, 0.15) is 38.7 Å². The van der Waals surface area contributed by atoms with Crippen LogP contribution < -0.4 is 10.5 Å². The fourth-order valence-corrected chi connectivity index (χ4v) is 1.82. The SMILES string of the molecule is CCc1ccccc1OCCCC(N)(C#N)CC. The summed E-state index contributed by atoms with van der Waals surface area (Å²) in [4.78, 5) is 0. The number of para-hydroxylation sites is 1. The Hall–Kier alpha value is -1.53. The number of benzene rings is 1. The molecule has 3 nitrogen and oxygen atoms in total. The summed E-state index contributed by atoms with van der Waals surface area (Å²) in [5.41, 5.74) is 6.43. The molecule has 0 saturated carbocycles. The van der Waals surface area contributed by atoms with Gasteiger partial charge in [0.05, 0.1) is 12.7 Å². The van der Waals surface area contributed by atoms with Gasteiger partial charge in [0.15, 0.2) is 0 Å². The van der Waals surface area contributed by atoms with Crippen molar-refractivity contribution >= 4 is 0 Å². The van der Waals surface area contributed by atoms with Gasteiger partial charge in [0.25, 0.3) is 0 Å². The van der Waals surface area contributed by atoms with Gasteiger partial charge < -0.3 is 10.5 Å². The van der Waals surface area contributed by atoms with Gasteiger partial charge in [0.2, 0.25) is 0 Å². The van der Waals surface area contributed by atoms with Crippen molar-refractivity contribution in [2.45, 2.75) is 45.1 Å². The summed E-state index contributed by atoms with van der Waals surface area (Å²) in [7, 11) is 0. The standard InChI is InChI=1S/C15H22N2O/c1-3-13-8-5-6-9-14(13)18-11-7-10-15(17,4-2)12-16/h5-6,8-9H,3-4,7,10-11,17H2,1-2H3. The maximum atomic E-state index is 8.97. The Morgan fingerprint density at radius 1 is 1.33 bits per heavy atom. The topological polar surface area (TPSA) is 59.0 Å². The minimum atomic E-state index is -0.701. The number of nitrogens with zero attached hydrogens (tertiary/aromatic N) is 1. The van der Waals surface area contributed by atoms with Crippen LogP contribution in [0.3, 0.4) is 0 Å². The van der Waals surface area contributed by atoms with E-state index in [1.807, 2.05) is 25.1 Å². The smallest absolute Gasteiger partial charge is 0.122 e. The highest BCUT2D eigenvalue weighted by molar-refractivity contribution is 5.33. The summed E-state index contributed by atoms with van der Waals surface area (Å²) in [6.07, 6.45) is 3.11. The second-order valence-electron chi connectivity index (χ2n) is 4.53. The Balaban J connectivity index is 2.41. The summed E-state index contributed by atoms with van der Waals surface area (Å²) in [6, 6.07) is 10.2. The van der Waals surface area contributed by atoms with Crippen LogP contribution in [-0.2, 0) is 6.42 Å². The predicted molar refractivity (Wildman–Crippen MR) is 73.4 cm³/mol. The summed E-state index contributed by atoms with van der Waals surface area (Å²) < 4.78 is 5.75. The molecule has 0 aliphatic heterocycles. The lowest BCUT2D eigenvalue weighted by atomic mass is 9.94. The third kappa shape index (κ3) is 4.05. The Kier molecular flexibility index (Phi) is 5.67. The van der Waals surface area contributed by atoms with E-state index in [0.717, 1.165) is 18.6 Å². The van der Waals surface area contributed by atoms with Gasteiger partial charge in [-0.3, -0.25) is 0 Å². The first-order valence-electron chi connectivity index (χ1n) is 6.56. The molecule has 0 fully saturated rings. The zero-order valence-electron chi connectivity index (χ0n) is 11.3. The molecule has 1 aromatic carbocycles. The number of nitriles is 1. The number of rotatable bonds is 7. The van der Waals surface area contributed by atoms with E-state index < -0.39 is 5.54 Å². The van der Waals surface area contributed by atoms with Crippen LogP contribution in [0.2, 0.25) is 0 Å². The normalized spacial score (nSPS) is 13.7. The van der Waals surface area contributed by atoms with E-state index in [-0.39, 0.29) is 0 Å². The van der Waals surface area contributed by atoms with E-state index in [9.17, 15) is 0 Å². The van der Waals surface area contributed by atoms with Gasteiger partial charge in [-0.05, 0) is 37.3 Å². The molecular formula is C15H22N2O. The highest BCUT2D eigenvalue weighted by Crippen LogP contribution is 2.19. The van der Waals surface area contributed by atoms with Crippen molar-refractivity contribution in [2.75, 3.05) is 6.61 Å². The summed E-state index contributed by atoms with van der Waals surface area (Å²) in [5, 5.41) is 8.97. The molecule has 1 aromatic rings. The lowest BCUT2D eigenvalue weighted by Gasteiger charge is -2.19. The zero-order valence-corrected chi connectivity index (χ0v) is 11.3. The third-order valence-corrected chi connectivity index (χ3v) is 3.23. The van der Waals surface area contributed by atoms with Crippen molar-refractivity contribution in [3.05, 3.63) is 29.8 Å². The number of aryl methyl sites for hydroxylation is 1. The average molecular weight is 246 g/mol. The molecule has 0 aliphatic rings. The zero-order chi connectivity index (χ0) is 13.4. The summed E-state index contributed by atoms with van der Waals surface area (Å²) in [5.74, 6) is 0.941. The van der Waals surface area contributed by atoms with Crippen LogP contribution in [0.15, 0.2) is 24.3 Å². The maximum absolute atomic E-state index is 8.97. The molecule has 0 amide bonds. The van der Waals surface area contributed by atoms with E-state index in [1.165, 1.54) is 5.56 Å². The first kappa shape index (κ1) is 14.5. The van der Waals surface area contributed by atoms with Gasteiger partial charge in [0.1, 0.15) is 11.3 Å². The molecule has 0 aliphatic carbocycles. The minimum Gasteiger partial charge on any atom is -0.493 e. The maximum Gasteiger partial charge on any atom is 0.122 e. The molecule has 1 rings (SSSR count). The number of ether oxygens (including phenoxy) is 1. The van der Waals surface area contributed by atoms with Crippen molar-refractivity contribution in [1.82, 2.24) is 0 Å². The molecule has 3 heteroatoms. The molecule has 0 saturated heterocycles. The van der Waals surface area contributed by atoms with Gasteiger partial charge in [-0.2, -0.15) is 5.26 Å². The van der Waals surface area contributed by atoms with Crippen molar-refractivity contribution in [1.29, 1.82) is 5.26 Å². The molecule has 0 spiro atoms. The average Bonchev–Trinajstić information content (AvgIpc) is 2.43. The van der Waals surface area contributed by atoms with E-state index in [2.05, 4.69) is 19.1 Å². The van der Waals surface area contributed by atoms with Crippen LogP contribution in [0.25, 0.3) is 0 Å². The minimum absolute atomic E-state index is 0.609. The van der Waals surface area contributed by atoms with E-state index >= 15 is 0 Å². The lowest BCUT2D eigenvalue weighted by molar-refractivity contribution is 0.289. The van der Waals surface area contributed by atoms with Crippen molar-refractivity contribution in [3.63, 3.8) is 0 Å². The predicted octanol–water partition coefficient (Wildman–Crippen LogP) is 3.04. The van der Waals surface area contributed by atoms with Gasteiger partial charge in [-0.15, -0.1) is 0 Å². The largest absolute Gasteiger partial charge is 0.493 e. The van der Waals surface area contributed by atoms with Crippen LogP contribution in [0, 0.1) is 11.3 Å². The first-order chi connectivity index (χ1) is 8.65. The van der Waals surface area contributed by atoms with Gasteiger partial charge in [-0.25, -0.2) is 0 Å². The van der Waals surface area contributed by atoms with Gasteiger partial charge >= 0.3 is 0 Å².